The summed E-state index contributed by atoms with van der Waals surface area (Å²) in [6.45, 7) is 8.25. The highest BCUT2D eigenvalue weighted by atomic mass is 16.6. The predicted octanol–water partition coefficient (Wildman–Crippen LogP) is 2.31. The average molecular weight is 230 g/mol. The molecule has 0 aromatic rings. The Morgan fingerprint density at radius 2 is 1.94 bits per heavy atom. The fraction of sp³-hybridized carbons (Fsp3) is 0.833. The molecular formula is C12H22O4. The van der Waals surface area contributed by atoms with Gasteiger partial charge in [0.1, 0.15) is 0 Å². The second-order valence-corrected chi connectivity index (χ2v) is 4.85. The summed E-state index contributed by atoms with van der Waals surface area (Å²) in [5.41, 5.74) is -0.442. The summed E-state index contributed by atoms with van der Waals surface area (Å²) in [4.78, 5) is 21.9. The van der Waals surface area contributed by atoms with Gasteiger partial charge in [0.2, 0.25) is 6.10 Å². The maximum absolute atomic E-state index is 11.6. The number of hydrogen-bond acceptors (Lipinski definition) is 4. The van der Waals surface area contributed by atoms with Gasteiger partial charge in [0.15, 0.2) is 0 Å². The van der Waals surface area contributed by atoms with E-state index in [4.69, 9.17) is 9.47 Å². The molecule has 4 nitrogen and oxygen atoms in total. The Hall–Kier alpha value is -1.06. The van der Waals surface area contributed by atoms with Gasteiger partial charge in [-0.25, -0.2) is 4.79 Å². The molecule has 0 aliphatic carbocycles. The topological polar surface area (TPSA) is 52.6 Å². The third kappa shape index (κ3) is 5.73. The molecule has 4 heteroatoms. The van der Waals surface area contributed by atoms with Crippen molar-refractivity contribution in [3.05, 3.63) is 0 Å². The van der Waals surface area contributed by atoms with Crippen molar-refractivity contribution >= 4 is 12.4 Å². The number of hydrogen-bond donors (Lipinski definition) is 0. The third-order valence-electron chi connectivity index (χ3n) is 2.18. The van der Waals surface area contributed by atoms with Crippen molar-refractivity contribution in [2.24, 2.45) is 5.41 Å². The van der Waals surface area contributed by atoms with E-state index in [1.165, 1.54) is 0 Å². The first-order valence-electron chi connectivity index (χ1n) is 5.69. The van der Waals surface area contributed by atoms with Gasteiger partial charge in [0.25, 0.3) is 6.47 Å². The van der Waals surface area contributed by atoms with Crippen LogP contribution in [-0.4, -0.2) is 25.2 Å². The number of esters is 1. The first-order chi connectivity index (χ1) is 7.43. The Morgan fingerprint density at radius 3 is 2.38 bits per heavy atom. The van der Waals surface area contributed by atoms with E-state index in [2.05, 4.69) is 6.92 Å². The van der Waals surface area contributed by atoms with E-state index < -0.39 is 17.5 Å². The van der Waals surface area contributed by atoms with Crippen LogP contribution < -0.4 is 0 Å². The van der Waals surface area contributed by atoms with Crippen molar-refractivity contribution in [3.63, 3.8) is 0 Å². The summed E-state index contributed by atoms with van der Waals surface area (Å²) < 4.78 is 9.83. The van der Waals surface area contributed by atoms with Gasteiger partial charge in [-0.05, 0) is 6.42 Å². The van der Waals surface area contributed by atoms with Crippen molar-refractivity contribution in [1.29, 1.82) is 0 Å². The van der Waals surface area contributed by atoms with Crippen LogP contribution in [0, 0.1) is 5.41 Å². The maximum atomic E-state index is 11.6. The Bertz CT molecular complexity index is 218. The zero-order valence-corrected chi connectivity index (χ0v) is 10.6. The quantitative estimate of drug-likeness (QED) is 0.382. The molecule has 1 unspecified atom stereocenters. The fourth-order valence-electron chi connectivity index (χ4n) is 1.27. The molecule has 0 radical (unpaired) electrons. The van der Waals surface area contributed by atoms with Crippen LogP contribution in [0.2, 0.25) is 0 Å². The summed E-state index contributed by atoms with van der Waals surface area (Å²) >= 11 is 0. The van der Waals surface area contributed by atoms with Crippen molar-refractivity contribution in [2.75, 3.05) is 6.61 Å². The lowest BCUT2D eigenvalue weighted by Gasteiger charge is -2.26. The molecule has 16 heavy (non-hydrogen) atoms. The van der Waals surface area contributed by atoms with Crippen molar-refractivity contribution in [2.45, 2.75) is 53.1 Å². The van der Waals surface area contributed by atoms with E-state index in [1.54, 1.807) is 0 Å². The van der Waals surface area contributed by atoms with Gasteiger partial charge >= 0.3 is 5.97 Å². The standard InChI is InChI=1S/C12H22O4/c1-5-6-7-8-15-11(14)10(16-9-13)12(2,3)4/h9-10H,5-8H2,1-4H3. The van der Waals surface area contributed by atoms with Crippen LogP contribution in [0.15, 0.2) is 0 Å². The van der Waals surface area contributed by atoms with Crippen LogP contribution in [0.1, 0.15) is 47.0 Å². The van der Waals surface area contributed by atoms with Crippen molar-refractivity contribution < 1.29 is 19.1 Å². The molecule has 0 rings (SSSR count). The molecule has 0 spiro atoms. The fourth-order valence-corrected chi connectivity index (χ4v) is 1.27. The largest absolute Gasteiger partial charge is 0.463 e. The van der Waals surface area contributed by atoms with Crippen LogP contribution in [0.4, 0.5) is 0 Å². The maximum Gasteiger partial charge on any atom is 0.347 e. The molecule has 0 heterocycles. The summed E-state index contributed by atoms with van der Waals surface area (Å²) in [6.07, 6.45) is 2.12. The minimum Gasteiger partial charge on any atom is -0.463 e. The normalized spacial score (nSPS) is 13.0. The van der Waals surface area contributed by atoms with Crippen LogP contribution in [0.3, 0.4) is 0 Å². The summed E-state index contributed by atoms with van der Waals surface area (Å²) in [6, 6.07) is 0. The number of carbonyl (C=O) groups is 2. The summed E-state index contributed by atoms with van der Waals surface area (Å²) in [5.74, 6) is -0.462. The van der Waals surface area contributed by atoms with E-state index >= 15 is 0 Å². The molecule has 0 bridgehead atoms. The Morgan fingerprint density at radius 1 is 1.31 bits per heavy atom. The molecule has 0 aliphatic rings. The van der Waals surface area contributed by atoms with Crippen LogP contribution in [-0.2, 0) is 19.1 Å². The van der Waals surface area contributed by atoms with Gasteiger partial charge in [-0.15, -0.1) is 0 Å². The molecule has 0 aromatic carbocycles. The second-order valence-electron chi connectivity index (χ2n) is 4.85. The number of unbranched alkanes of at least 4 members (excludes halogenated alkanes) is 2. The molecule has 0 aromatic heterocycles. The highest BCUT2D eigenvalue weighted by molar-refractivity contribution is 5.76. The van der Waals surface area contributed by atoms with E-state index in [0.29, 0.717) is 13.1 Å². The minimum atomic E-state index is -0.827. The van der Waals surface area contributed by atoms with Gasteiger partial charge < -0.3 is 9.47 Å². The Kier molecular flexibility index (Phi) is 6.77. The smallest absolute Gasteiger partial charge is 0.347 e. The third-order valence-corrected chi connectivity index (χ3v) is 2.18. The molecule has 0 fully saturated rings. The van der Waals surface area contributed by atoms with Crippen molar-refractivity contribution in [3.8, 4) is 0 Å². The van der Waals surface area contributed by atoms with Gasteiger partial charge in [-0.3, -0.25) is 4.79 Å². The zero-order valence-electron chi connectivity index (χ0n) is 10.6. The molecule has 94 valence electrons. The summed E-state index contributed by atoms with van der Waals surface area (Å²) in [5, 5.41) is 0. The number of ether oxygens (including phenoxy) is 2. The lowest BCUT2D eigenvalue weighted by atomic mass is 9.89. The molecule has 0 saturated carbocycles. The highest BCUT2D eigenvalue weighted by Gasteiger charge is 2.34. The van der Waals surface area contributed by atoms with Crippen LogP contribution >= 0.6 is 0 Å². The molecular weight excluding hydrogens is 208 g/mol. The van der Waals surface area contributed by atoms with Crippen molar-refractivity contribution in [1.82, 2.24) is 0 Å². The highest BCUT2D eigenvalue weighted by Crippen LogP contribution is 2.22. The lowest BCUT2D eigenvalue weighted by Crippen LogP contribution is -2.38. The predicted molar refractivity (Wildman–Crippen MR) is 60.9 cm³/mol. The van der Waals surface area contributed by atoms with Crippen LogP contribution in [0.25, 0.3) is 0 Å². The van der Waals surface area contributed by atoms with E-state index in [1.807, 2.05) is 20.8 Å². The molecule has 0 saturated heterocycles. The molecule has 0 aliphatic heterocycles. The molecule has 0 N–H and O–H groups in total. The van der Waals surface area contributed by atoms with Gasteiger partial charge in [0.05, 0.1) is 6.61 Å². The number of rotatable bonds is 7. The van der Waals surface area contributed by atoms with Gasteiger partial charge in [-0.2, -0.15) is 0 Å². The number of carbonyl (C=O) groups excluding carboxylic acids is 2. The molecule has 1 atom stereocenters. The second kappa shape index (κ2) is 7.25. The van der Waals surface area contributed by atoms with E-state index in [0.717, 1.165) is 19.3 Å². The van der Waals surface area contributed by atoms with E-state index in [-0.39, 0.29) is 0 Å². The zero-order chi connectivity index (χ0) is 12.6. The monoisotopic (exact) mass is 230 g/mol. The summed E-state index contributed by atoms with van der Waals surface area (Å²) in [7, 11) is 0. The lowest BCUT2D eigenvalue weighted by molar-refractivity contribution is -0.168. The average Bonchev–Trinajstić information content (AvgIpc) is 2.19. The Labute approximate surface area is 97.3 Å². The van der Waals surface area contributed by atoms with E-state index in [9.17, 15) is 9.59 Å². The van der Waals surface area contributed by atoms with Gasteiger partial charge in [0, 0.05) is 5.41 Å². The minimum absolute atomic E-state index is 0.295. The van der Waals surface area contributed by atoms with Gasteiger partial charge in [-0.1, -0.05) is 40.5 Å². The first kappa shape index (κ1) is 14.9. The first-order valence-corrected chi connectivity index (χ1v) is 5.69. The SMILES string of the molecule is CCCCCOC(=O)C(OC=O)C(C)(C)C. The Balaban J connectivity index is 4.13. The molecule has 0 amide bonds. The van der Waals surface area contributed by atoms with Crippen LogP contribution in [0.5, 0.6) is 0 Å².